The van der Waals surface area contributed by atoms with Crippen molar-refractivity contribution in [2.24, 2.45) is 34.6 Å². The predicted octanol–water partition coefficient (Wildman–Crippen LogP) is 2.57. The number of nitrogens with one attached hydrogen (secondary N) is 2. The largest absolute Gasteiger partial charge is 0.456 e. The van der Waals surface area contributed by atoms with Gasteiger partial charge in [0.2, 0.25) is 11.8 Å². The molecule has 1 fully saturated rings. The standard InChI is InChI=1S/C44H64N10O8.ClH/c1-25(47)40(58)53-34(19-27-22-50-24-52-27)39(57)37-30(21-46)31(28-14-8-9-15-29(28)43(61)62-44(2,3)4)23-51-38(37)42(60)54(41(59)32(48)16-10-11-17-45)36(56)20-35(55)33(49)18-26-12-6-5-7-13-26;/h8-9,14-15,22-26,32-35,55H,5-7,10-13,16-21,45-49H2,1-4H3,(H,50,52)(H,53,58);1H/t25?,32-,33-,34-,35-;/m0./s1. The minimum atomic E-state index is -1.44. The van der Waals surface area contributed by atoms with E-state index in [0.29, 0.717) is 36.4 Å². The molecule has 63 heavy (non-hydrogen) atoms. The van der Waals surface area contributed by atoms with Gasteiger partial charge in [0.1, 0.15) is 11.3 Å². The third-order valence-electron chi connectivity index (χ3n) is 10.9. The number of nitrogens with two attached hydrogens (primary N) is 5. The minimum absolute atomic E-state index is 0. The molecule has 1 unspecified atom stereocenters. The van der Waals surface area contributed by atoms with Crippen molar-refractivity contribution in [3.05, 3.63) is 71.1 Å². The first-order valence-corrected chi connectivity index (χ1v) is 21.3. The molecule has 19 heteroatoms. The summed E-state index contributed by atoms with van der Waals surface area (Å²) in [5, 5.41) is 13.9. The number of nitrogens with zero attached hydrogens (tertiary/aromatic N) is 3. The molecule has 4 amide bonds. The highest BCUT2D eigenvalue weighted by molar-refractivity contribution is 6.21. The number of rotatable bonds is 20. The normalized spacial score (nSPS) is 15.5. The first-order valence-electron chi connectivity index (χ1n) is 21.3. The molecular formula is C44H65ClN10O8. The smallest absolute Gasteiger partial charge is 0.339 e. The van der Waals surface area contributed by atoms with E-state index < -0.39 is 95.5 Å². The maximum Gasteiger partial charge on any atom is 0.339 e. The average molecular weight is 898 g/mol. The van der Waals surface area contributed by atoms with E-state index in [4.69, 9.17) is 33.4 Å². The van der Waals surface area contributed by atoms with Crippen LogP contribution in [0.15, 0.2) is 43.0 Å². The monoisotopic (exact) mass is 896 g/mol. The Kier molecular flexibility index (Phi) is 20.1. The maximum absolute atomic E-state index is 15.1. The Hall–Kier alpha value is -4.95. The Morgan fingerprint density at radius 1 is 0.984 bits per heavy atom. The van der Waals surface area contributed by atoms with Crippen LogP contribution in [0.1, 0.15) is 134 Å². The van der Waals surface area contributed by atoms with Gasteiger partial charge >= 0.3 is 5.97 Å². The van der Waals surface area contributed by atoms with Crippen molar-refractivity contribution in [2.45, 2.75) is 141 Å². The number of pyridine rings is 1. The van der Waals surface area contributed by atoms with Crippen LogP contribution in [0.5, 0.6) is 0 Å². The van der Waals surface area contributed by atoms with E-state index in [0.717, 1.165) is 32.1 Å². The van der Waals surface area contributed by atoms with Crippen molar-refractivity contribution in [3.8, 4) is 11.1 Å². The number of benzene rings is 1. The lowest BCUT2D eigenvalue weighted by molar-refractivity contribution is -0.143. The predicted molar refractivity (Wildman–Crippen MR) is 239 cm³/mol. The molecule has 0 radical (unpaired) electrons. The van der Waals surface area contributed by atoms with Gasteiger partial charge in [0.25, 0.3) is 11.8 Å². The summed E-state index contributed by atoms with van der Waals surface area (Å²) in [6.07, 6.45) is 8.19. The van der Waals surface area contributed by atoms with E-state index in [9.17, 15) is 24.3 Å². The van der Waals surface area contributed by atoms with Crippen molar-refractivity contribution in [3.63, 3.8) is 0 Å². The Bertz CT molecular complexity index is 2030. The number of aliphatic hydroxyl groups excluding tert-OH is 1. The summed E-state index contributed by atoms with van der Waals surface area (Å²) < 4.78 is 5.68. The summed E-state index contributed by atoms with van der Waals surface area (Å²) in [6, 6.07) is 1.65. The number of aromatic nitrogens is 3. The number of amides is 4. The van der Waals surface area contributed by atoms with Gasteiger partial charge in [0.15, 0.2) is 5.78 Å². The van der Waals surface area contributed by atoms with Gasteiger partial charge in [-0.15, -0.1) is 12.4 Å². The SMILES string of the molecule is CC(N)C(=O)N[C@@H](Cc1c[nH]cn1)C(=O)c1c(C(=O)N(C(=O)C[C@H](O)[C@@H](N)CC2CCCCC2)C(=O)[C@@H](N)CCCCN)ncc(-c2ccccc2C(=O)OC(C)(C)C)c1CN.Cl. The molecule has 5 atom stereocenters. The molecule has 0 spiro atoms. The second-order valence-electron chi connectivity index (χ2n) is 17.0. The number of imidazole rings is 1. The molecule has 2 heterocycles. The number of ether oxygens (including phenoxy) is 1. The summed E-state index contributed by atoms with van der Waals surface area (Å²) in [7, 11) is 0. The number of esters is 1. The molecule has 0 bridgehead atoms. The van der Waals surface area contributed by atoms with Crippen LogP contribution in [0.3, 0.4) is 0 Å². The second-order valence-corrected chi connectivity index (χ2v) is 17.0. The van der Waals surface area contributed by atoms with Crippen LogP contribution in [-0.4, -0.2) is 103 Å². The zero-order valence-corrected chi connectivity index (χ0v) is 37.5. The highest BCUT2D eigenvalue weighted by Gasteiger charge is 2.40. The van der Waals surface area contributed by atoms with Gasteiger partial charge in [0.05, 0.1) is 53.8 Å². The van der Waals surface area contributed by atoms with E-state index >= 15 is 9.59 Å². The lowest BCUT2D eigenvalue weighted by Gasteiger charge is -2.29. The van der Waals surface area contributed by atoms with Crippen molar-refractivity contribution in [1.29, 1.82) is 0 Å². The van der Waals surface area contributed by atoms with Crippen LogP contribution < -0.4 is 34.0 Å². The van der Waals surface area contributed by atoms with Gasteiger partial charge < -0.3 is 48.8 Å². The first-order chi connectivity index (χ1) is 29.4. The van der Waals surface area contributed by atoms with Crippen molar-refractivity contribution >= 4 is 47.8 Å². The molecule has 4 rings (SSSR count). The Balaban J connectivity index is 0.0000106. The Morgan fingerprint density at radius 2 is 1.67 bits per heavy atom. The number of hydrogen-bond donors (Lipinski definition) is 8. The molecule has 346 valence electrons. The van der Waals surface area contributed by atoms with E-state index in [-0.39, 0.29) is 53.4 Å². The average Bonchev–Trinajstić information content (AvgIpc) is 3.75. The highest BCUT2D eigenvalue weighted by Crippen LogP contribution is 2.33. The number of hydrogen-bond acceptors (Lipinski definition) is 15. The van der Waals surface area contributed by atoms with Gasteiger partial charge in [-0.2, -0.15) is 0 Å². The Morgan fingerprint density at radius 3 is 2.27 bits per heavy atom. The lowest BCUT2D eigenvalue weighted by Crippen LogP contribution is -2.52. The topological polar surface area (TPSA) is 319 Å². The van der Waals surface area contributed by atoms with Gasteiger partial charge in [-0.05, 0) is 76.6 Å². The van der Waals surface area contributed by atoms with Gasteiger partial charge in [-0.1, -0.05) is 56.7 Å². The fourth-order valence-electron chi connectivity index (χ4n) is 7.57. The molecule has 2 aromatic heterocycles. The zero-order valence-electron chi connectivity index (χ0n) is 36.6. The Labute approximate surface area is 374 Å². The maximum atomic E-state index is 15.1. The van der Waals surface area contributed by atoms with Gasteiger partial charge in [-0.3, -0.25) is 24.0 Å². The third-order valence-corrected chi connectivity index (χ3v) is 10.9. The molecule has 1 aliphatic carbocycles. The number of carbonyl (C=O) groups is 6. The van der Waals surface area contributed by atoms with Gasteiger partial charge in [0, 0.05) is 37.0 Å². The summed E-state index contributed by atoms with van der Waals surface area (Å²) >= 11 is 0. The number of halogens is 1. The first kappa shape index (κ1) is 52.4. The number of unbranched alkanes of at least 4 members (excludes halogenated alkanes) is 1. The van der Waals surface area contributed by atoms with Crippen molar-refractivity contribution < 1.29 is 38.6 Å². The van der Waals surface area contributed by atoms with E-state index in [2.05, 4.69) is 20.3 Å². The second kappa shape index (κ2) is 24.2. The molecular weight excluding hydrogens is 832 g/mol. The third kappa shape index (κ3) is 14.3. The van der Waals surface area contributed by atoms with E-state index in [1.165, 1.54) is 31.7 Å². The number of ketones is 1. The van der Waals surface area contributed by atoms with Crippen LogP contribution in [0.2, 0.25) is 0 Å². The number of aliphatic hydroxyl groups is 1. The van der Waals surface area contributed by atoms with Crippen LogP contribution in [0, 0.1) is 5.92 Å². The summed E-state index contributed by atoms with van der Waals surface area (Å²) in [6.45, 7) is 6.41. The van der Waals surface area contributed by atoms with Crippen LogP contribution in [0.4, 0.5) is 0 Å². The molecule has 1 aliphatic rings. The number of imide groups is 3. The van der Waals surface area contributed by atoms with Gasteiger partial charge in [-0.25, -0.2) is 19.7 Å². The molecule has 13 N–H and O–H groups in total. The quantitative estimate of drug-likeness (QED) is 0.0459. The van der Waals surface area contributed by atoms with E-state index in [1.54, 1.807) is 39.0 Å². The van der Waals surface area contributed by atoms with Crippen molar-refractivity contribution in [1.82, 2.24) is 25.2 Å². The molecule has 0 aliphatic heterocycles. The van der Waals surface area contributed by atoms with E-state index in [1.807, 2.05) is 0 Å². The summed E-state index contributed by atoms with van der Waals surface area (Å²) in [5.41, 5.74) is 29.6. The van der Waals surface area contributed by atoms with Crippen LogP contribution in [-0.2, 0) is 32.1 Å². The number of carbonyl (C=O) groups excluding carboxylic acids is 6. The number of H-pyrrole nitrogens is 1. The number of aromatic amines is 1. The summed E-state index contributed by atoms with van der Waals surface area (Å²) in [5.74, 6) is -5.60. The molecule has 1 saturated carbocycles. The molecule has 3 aromatic rings. The lowest BCUT2D eigenvalue weighted by atomic mass is 9.83. The number of Topliss-reactive ketones (excluding diaryl/α,β-unsaturated/α-hetero) is 1. The fraction of sp³-hybridized carbons (Fsp3) is 0.545. The molecule has 1 aromatic carbocycles. The zero-order chi connectivity index (χ0) is 45.7. The minimum Gasteiger partial charge on any atom is -0.456 e. The molecule has 0 saturated heterocycles. The van der Waals surface area contributed by atoms with Crippen LogP contribution >= 0.6 is 12.4 Å². The van der Waals surface area contributed by atoms with Crippen LogP contribution in [0.25, 0.3) is 11.1 Å². The van der Waals surface area contributed by atoms with Crippen molar-refractivity contribution in [2.75, 3.05) is 6.54 Å². The molecule has 18 nitrogen and oxygen atoms in total. The summed E-state index contributed by atoms with van der Waals surface area (Å²) in [4.78, 5) is 97.1. The highest BCUT2D eigenvalue weighted by atomic mass is 35.5. The fourth-order valence-corrected chi connectivity index (χ4v) is 7.57.